The first-order valence-electron chi connectivity index (χ1n) is 7.56. The van der Waals surface area contributed by atoms with Gasteiger partial charge in [-0.05, 0) is 42.5 Å². The molecular weight excluding hydrogens is 338 g/mol. The predicted octanol–water partition coefficient (Wildman–Crippen LogP) is 4.81. The summed E-state index contributed by atoms with van der Waals surface area (Å²) in [6.07, 6.45) is 0. The summed E-state index contributed by atoms with van der Waals surface area (Å²) >= 11 is 6.01. The fourth-order valence-electron chi connectivity index (χ4n) is 2.23. The number of para-hydroxylation sites is 1. The second-order valence-corrected chi connectivity index (χ2v) is 5.65. The minimum atomic E-state index is -0.578. The minimum absolute atomic E-state index is 0.220. The zero-order chi connectivity index (χ0) is 17.6. The molecule has 0 atom stereocenters. The number of esters is 1. The summed E-state index contributed by atoms with van der Waals surface area (Å²) < 4.78 is 5.33. The molecule has 1 amide bonds. The molecule has 4 nitrogen and oxygen atoms in total. The number of halogens is 1. The van der Waals surface area contributed by atoms with Gasteiger partial charge in [0.25, 0.3) is 5.91 Å². The molecule has 1 N–H and O–H groups in total. The van der Waals surface area contributed by atoms with Gasteiger partial charge in [0.05, 0.1) is 11.3 Å². The molecule has 0 unspecified atom stereocenters. The highest BCUT2D eigenvalue weighted by atomic mass is 35.5. The summed E-state index contributed by atoms with van der Waals surface area (Å²) in [4.78, 5) is 24.8. The van der Waals surface area contributed by atoms with E-state index in [1.807, 2.05) is 12.1 Å². The van der Waals surface area contributed by atoms with Crippen LogP contribution in [-0.4, -0.2) is 11.9 Å². The van der Waals surface area contributed by atoms with Gasteiger partial charge in [0.15, 0.2) is 0 Å². The fraction of sp³-hybridized carbons (Fsp3) is 0. The molecule has 0 spiro atoms. The summed E-state index contributed by atoms with van der Waals surface area (Å²) in [7, 11) is 0. The molecule has 25 heavy (non-hydrogen) atoms. The maximum atomic E-state index is 12.4. The molecule has 0 aromatic heterocycles. The molecule has 0 aliphatic carbocycles. The lowest BCUT2D eigenvalue weighted by Crippen LogP contribution is -2.17. The van der Waals surface area contributed by atoms with Crippen molar-refractivity contribution in [3.8, 4) is 5.75 Å². The Bertz CT molecular complexity index is 895. The average molecular weight is 352 g/mol. The van der Waals surface area contributed by atoms with E-state index in [-0.39, 0.29) is 11.5 Å². The van der Waals surface area contributed by atoms with Crippen LogP contribution in [0.15, 0.2) is 78.9 Å². The van der Waals surface area contributed by atoms with Gasteiger partial charge >= 0.3 is 5.97 Å². The van der Waals surface area contributed by atoms with Crippen molar-refractivity contribution in [3.05, 3.63) is 95.0 Å². The average Bonchev–Trinajstić information content (AvgIpc) is 2.63. The quantitative estimate of drug-likeness (QED) is 0.542. The number of anilines is 1. The van der Waals surface area contributed by atoms with Crippen LogP contribution in [0.4, 0.5) is 5.69 Å². The fourth-order valence-corrected chi connectivity index (χ4v) is 2.40. The van der Waals surface area contributed by atoms with E-state index >= 15 is 0 Å². The van der Waals surface area contributed by atoms with Crippen molar-refractivity contribution >= 4 is 29.2 Å². The third-order valence-electron chi connectivity index (χ3n) is 3.44. The molecule has 3 aromatic rings. The summed E-state index contributed by atoms with van der Waals surface area (Å²) in [5.74, 6) is -0.495. The van der Waals surface area contributed by atoms with Gasteiger partial charge in [-0.2, -0.15) is 0 Å². The van der Waals surface area contributed by atoms with Crippen LogP contribution in [0.5, 0.6) is 5.75 Å². The Morgan fingerprint density at radius 3 is 2.16 bits per heavy atom. The standard InChI is InChI=1S/C20H14ClNO3/c21-15-11-12-17(20(24)25-16-9-5-2-6-10-16)18(13-15)22-19(23)14-7-3-1-4-8-14/h1-13H,(H,22,23). The minimum Gasteiger partial charge on any atom is -0.423 e. The van der Waals surface area contributed by atoms with E-state index in [4.69, 9.17) is 16.3 Å². The van der Waals surface area contributed by atoms with Gasteiger partial charge < -0.3 is 10.1 Å². The molecule has 124 valence electrons. The lowest BCUT2D eigenvalue weighted by atomic mass is 10.1. The van der Waals surface area contributed by atoms with E-state index in [0.29, 0.717) is 22.0 Å². The van der Waals surface area contributed by atoms with Gasteiger partial charge in [0.1, 0.15) is 5.75 Å². The molecule has 0 fully saturated rings. The van der Waals surface area contributed by atoms with E-state index < -0.39 is 5.97 Å². The third-order valence-corrected chi connectivity index (χ3v) is 3.67. The second-order valence-electron chi connectivity index (χ2n) is 5.21. The molecule has 0 aliphatic heterocycles. The Hall–Kier alpha value is -3.11. The number of carbonyl (C=O) groups excluding carboxylic acids is 2. The zero-order valence-corrected chi connectivity index (χ0v) is 13.9. The van der Waals surface area contributed by atoms with E-state index in [1.165, 1.54) is 12.1 Å². The molecule has 0 bridgehead atoms. The molecule has 0 saturated carbocycles. The normalized spacial score (nSPS) is 10.1. The van der Waals surface area contributed by atoms with Crippen LogP contribution in [-0.2, 0) is 0 Å². The monoisotopic (exact) mass is 351 g/mol. The Morgan fingerprint density at radius 1 is 0.840 bits per heavy atom. The first-order chi connectivity index (χ1) is 12.1. The van der Waals surface area contributed by atoms with Crippen LogP contribution in [0.1, 0.15) is 20.7 Å². The highest BCUT2D eigenvalue weighted by molar-refractivity contribution is 6.31. The second kappa shape index (κ2) is 7.64. The Labute approximate surface area is 150 Å². The highest BCUT2D eigenvalue weighted by Gasteiger charge is 2.17. The van der Waals surface area contributed by atoms with Gasteiger partial charge in [-0.1, -0.05) is 48.0 Å². The van der Waals surface area contributed by atoms with Crippen molar-refractivity contribution in [3.63, 3.8) is 0 Å². The van der Waals surface area contributed by atoms with E-state index in [9.17, 15) is 9.59 Å². The van der Waals surface area contributed by atoms with Crippen LogP contribution >= 0.6 is 11.6 Å². The SMILES string of the molecule is O=C(Nc1cc(Cl)ccc1C(=O)Oc1ccccc1)c1ccccc1. The first-order valence-corrected chi connectivity index (χ1v) is 7.94. The van der Waals surface area contributed by atoms with E-state index in [0.717, 1.165) is 0 Å². The maximum Gasteiger partial charge on any atom is 0.345 e. The van der Waals surface area contributed by atoms with Crippen molar-refractivity contribution < 1.29 is 14.3 Å². The number of hydrogen-bond donors (Lipinski definition) is 1. The molecule has 0 radical (unpaired) electrons. The lowest BCUT2D eigenvalue weighted by Gasteiger charge is -2.11. The van der Waals surface area contributed by atoms with Crippen LogP contribution < -0.4 is 10.1 Å². The number of rotatable bonds is 4. The number of carbonyl (C=O) groups is 2. The Kier molecular flexibility index (Phi) is 5.11. The molecule has 3 rings (SSSR count). The highest BCUT2D eigenvalue weighted by Crippen LogP contribution is 2.23. The van der Waals surface area contributed by atoms with Crippen molar-refractivity contribution in [2.24, 2.45) is 0 Å². The number of nitrogens with one attached hydrogen (secondary N) is 1. The summed E-state index contributed by atoms with van der Waals surface area (Å²) in [6.45, 7) is 0. The van der Waals surface area contributed by atoms with Crippen molar-refractivity contribution in [1.29, 1.82) is 0 Å². The molecule has 0 saturated heterocycles. The van der Waals surface area contributed by atoms with Crippen LogP contribution in [0.3, 0.4) is 0 Å². The summed E-state index contributed by atoms with van der Waals surface area (Å²) in [6, 6.07) is 22.0. The zero-order valence-electron chi connectivity index (χ0n) is 13.1. The van der Waals surface area contributed by atoms with Gasteiger partial charge in [-0.25, -0.2) is 4.79 Å². The van der Waals surface area contributed by atoms with Crippen LogP contribution in [0.25, 0.3) is 0 Å². The number of ether oxygens (including phenoxy) is 1. The van der Waals surface area contributed by atoms with Crippen LogP contribution in [0, 0.1) is 0 Å². The molecular formula is C20H14ClNO3. The summed E-state index contributed by atoms with van der Waals surface area (Å²) in [5.41, 5.74) is 0.990. The van der Waals surface area contributed by atoms with Gasteiger partial charge in [0, 0.05) is 10.6 Å². The maximum absolute atomic E-state index is 12.4. The molecule has 0 heterocycles. The van der Waals surface area contributed by atoms with Crippen molar-refractivity contribution in [2.45, 2.75) is 0 Å². The molecule has 3 aromatic carbocycles. The number of hydrogen-bond acceptors (Lipinski definition) is 3. The van der Waals surface area contributed by atoms with Crippen molar-refractivity contribution in [2.75, 3.05) is 5.32 Å². The van der Waals surface area contributed by atoms with Gasteiger partial charge in [-0.3, -0.25) is 4.79 Å². The van der Waals surface area contributed by atoms with Gasteiger partial charge in [0.2, 0.25) is 0 Å². The largest absolute Gasteiger partial charge is 0.423 e. The number of benzene rings is 3. The predicted molar refractivity (Wildman–Crippen MR) is 97.2 cm³/mol. The van der Waals surface area contributed by atoms with Crippen molar-refractivity contribution in [1.82, 2.24) is 0 Å². The molecule has 5 heteroatoms. The Balaban J connectivity index is 1.85. The summed E-state index contributed by atoms with van der Waals surface area (Å²) in [5, 5.41) is 3.11. The third kappa shape index (κ3) is 4.25. The van der Waals surface area contributed by atoms with E-state index in [1.54, 1.807) is 54.6 Å². The molecule has 0 aliphatic rings. The van der Waals surface area contributed by atoms with Gasteiger partial charge in [-0.15, -0.1) is 0 Å². The topological polar surface area (TPSA) is 55.4 Å². The van der Waals surface area contributed by atoms with Crippen LogP contribution in [0.2, 0.25) is 5.02 Å². The lowest BCUT2D eigenvalue weighted by molar-refractivity contribution is 0.0736. The number of amides is 1. The first kappa shape index (κ1) is 16.7. The van der Waals surface area contributed by atoms with E-state index in [2.05, 4.69) is 5.32 Å². The smallest absolute Gasteiger partial charge is 0.345 e. The Morgan fingerprint density at radius 2 is 1.48 bits per heavy atom.